The highest BCUT2D eigenvalue weighted by molar-refractivity contribution is 5.95. The summed E-state index contributed by atoms with van der Waals surface area (Å²) < 4.78 is 45.2. The van der Waals surface area contributed by atoms with E-state index >= 15 is 0 Å². The third-order valence-corrected chi connectivity index (χ3v) is 3.33. The van der Waals surface area contributed by atoms with E-state index in [9.17, 15) is 22.8 Å². The SMILES string of the molecule is CN(CC(=O)Nc1ccc(OC(F)(F)F)cc1)C(=O)[C@@H]1CCCO1. The molecule has 1 atom stereocenters. The van der Waals surface area contributed by atoms with Crippen LogP contribution in [-0.4, -0.2) is 49.4 Å². The summed E-state index contributed by atoms with van der Waals surface area (Å²) in [6.07, 6.45) is -3.84. The van der Waals surface area contributed by atoms with E-state index in [1.807, 2.05) is 0 Å². The number of carbonyl (C=O) groups is 2. The number of hydrogen-bond donors (Lipinski definition) is 1. The van der Waals surface area contributed by atoms with E-state index in [2.05, 4.69) is 10.1 Å². The summed E-state index contributed by atoms with van der Waals surface area (Å²) >= 11 is 0. The molecule has 0 bridgehead atoms. The van der Waals surface area contributed by atoms with Crippen molar-refractivity contribution in [2.75, 3.05) is 25.5 Å². The van der Waals surface area contributed by atoms with Crippen molar-refractivity contribution < 1.29 is 32.2 Å². The predicted octanol–water partition coefficient (Wildman–Crippen LogP) is 2.16. The second-order valence-corrected chi connectivity index (χ2v) is 5.32. The van der Waals surface area contributed by atoms with E-state index in [1.54, 1.807) is 0 Å². The molecule has 24 heavy (non-hydrogen) atoms. The molecule has 0 radical (unpaired) electrons. The van der Waals surface area contributed by atoms with Gasteiger partial charge in [-0.1, -0.05) is 0 Å². The van der Waals surface area contributed by atoms with Crippen molar-refractivity contribution in [1.29, 1.82) is 0 Å². The number of benzene rings is 1. The molecule has 1 heterocycles. The van der Waals surface area contributed by atoms with Gasteiger partial charge in [0, 0.05) is 19.3 Å². The van der Waals surface area contributed by atoms with Gasteiger partial charge in [0.15, 0.2) is 0 Å². The Kier molecular flexibility index (Phi) is 5.66. The molecule has 1 fully saturated rings. The van der Waals surface area contributed by atoms with Gasteiger partial charge in [0.2, 0.25) is 5.91 Å². The van der Waals surface area contributed by atoms with Crippen molar-refractivity contribution in [3.63, 3.8) is 0 Å². The van der Waals surface area contributed by atoms with Crippen molar-refractivity contribution >= 4 is 17.5 Å². The number of halogens is 3. The molecule has 9 heteroatoms. The van der Waals surface area contributed by atoms with Crippen molar-refractivity contribution in [2.24, 2.45) is 0 Å². The summed E-state index contributed by atoms with van der Waals surface area (Å²) in [5.74, 6) is -1.11. The molecule has 0 aromatic heterocycles. The normalized spacial score (nSPS) is 17.4. The van der Waals surface area contributed by atoms with E-state index in [4.69, 9.17) is 4.74 Å². The summed E-state index contributed by atoms with van der Waals surface area (Å²) in [5.41, 5.74) is 0.299. The monoisotopic (exact) mass is 346 g/mol. The van der Waals surface area contributed by atoms with Gasteiger partial charge in [-0.05, 0) is 37.1 Å². The molecule has 0 aliphatic carbocycles. The largest absolute Gasteiger partial charge is 0.573 e. The van der Waals surface area contributed by atoms with Crippen LogP contribution in [0, 0.1) is 0 Å². The van der Waals surface area contributed by atoms with Gasteiger partial charge in [-0.25, -0.2) is 0 Å². The molecule has 0 spiro atoms. The molecule has 1 aromatic rings. The summed E-state index contributed by atoms with van der Waals surface area (Å²) in [6, 6.07) is 4.73. The number of ether oxygens (including phenoxy) is 2. The Bertz CT molecular complexity index is 583. The van der Waals surface area contributed by atoms with E-state index < -0.39 is 18.4 Å². The lowest BCUT2D eigenvalue weighted by Crippen LogP contribution is -2.40. The first kappa shape index (κ1) is 18.1. The average Bonchev–Trinajstić information content (AvgIpc) is 3.01. The molecule has 0 unspecified atom stereocenters. The Morgan fingerprint density at radius 2 is 2.00 bits per heavy atom. The lowest BCUT2D eigenvalue weighted by molar-refractivity contribution is -0.274. The molecule has 2 rings (SSSR count). The topological polar surface area (TPSA) is 67.9 Å². The first-order chi connectivity index (χ1) is 11.2. The van der Waals surface area contributed by atoms with Gasteiger partial charge in [-0.2, -0.15) is 0 Å². The molecule has 2 amide bonds. The minimum Gasteiger partial charge on any atom is -0.406 e. The van der Waals surface area contributed by atoms with Crippen molar-refractivity contribution in [3.8, 4) is 5.75 Å². The van der Waals surface area contributed by atoms with Crippen LogP contribution in [0.25, 0.3) is 0 Å². The fraction of sp³-hybridized carbons (Fsp3) is 0.467. The van der Waals surface area contributed by atoms with Crippen LogP contribution in [0.4, 0.5) is 18.9 Å². The summed E-state index contributed by atoms with van der Waals surface area (Å²) in [5, 5.41) is 2.50. The molecule has 6 nitrogen and oxygen atoms in total. The van der Waals surface area contributed by atoms with Crippen LogP contribution in [0.2, 0.25) is 0 Å². The molecule has 1 N–H and O–H groups in total. The van der Waals surface area contributed by atoms with E-state index in [0.29, 0.717) is 18.7 Å². The summed E-state index contributed by atoms with van der Waals surface area (Å²) in [4.78, 5) is 25.2. The molecule has 1 saturated heterocycles. The maximum absolute atomic E-state index is 12.1. The Morgan fingerprint density at radius 1 is 1.33 bits per heavy atom. The maximum Gasteiger partial charge on any atom is 0.573 e. The molecular formula is C15H17F3N2O4. The standard InChI is InChI=1S/C15H17F3N2O4/c1-20(14(22)12-3-2-8-23-12)9-13(21)19-10-4-6-11(7-5-10)24-15(16,17)18/h4-7,12H,2-3,8-9H2,1H3,(H,19,21)/t12-/m0/s1. The number of alkyl halides is 3. The maximum atomic E-state index is 12.1. The van der Waals surface area contributed by atoms with Gasteiger partial charge >= 0.3 is 6.36 Å². The van der Waals surface area contributed by atoms with Crippen LogP contribution < -0.4 is 10.1 Å². The summed E-state index contributed by atoms with van der Waals surface area (Å²) in [7, 11) is 1.49. The molecule has 1 aromatic carbocycles. The third kappa shape index (κ3) is 5.41. The lowest BCUT2D eigenvalue weighted by atomic mass is 10.2. The van der Waals surface area contributed by atoms with Crippen molar-refractivity contribution in [1.82, 2.24) is 4.90 Å². The van der Waals surface area contributed by atoms with Gasteiger partial charge in [-0.3, -0.25) is 9.59 Å². The van der Waals surface area contributed by atoms with Crippen LogP contribution in [0.3, 0.4) is 0 Å². The molecule has 132 valence electrons. The number of nitrogens with zero attached hydrogens (tertiary/aromatic N) is 1. The van der Waals surface area contributed by atoms with Gasteiger partial charge in [0.1, 0.15) is 11.9 Å². The highest BCUT2D eigenvalue weighted by Gasteiger charge is 2.31. The quantitative estimate of drug-likeness (QED) is 0.887. The molecular weight excluding hydrogens is 329 g/mol. The zero-order chi connectivity index (χ0) is 17.7. The minimum absolute atomic E-state index is 0.181. The predicted molar refractivity (Wildman–Crippen MR) is 78.4 cm³/mol. The molecule has 0 saturated carbocycles. The Morgan fingerprint density at radius 3 is 2.54 bits per heavy atom. The number of anilines is 1. The number of carbonyl (C=O) groups excluding carboxylic acids is 2. The fourth-order valence-electron chi connectivity index (χ4n) is 2.25. The Labute approximate surface area is 136 Å². The first-order valence-corrected chi connectivity index (χ1v) is 7.27. The number of likely N-dealkylation sites (N-methyl/N-ethyl adjacent to an activating group) is 1. The second kappa shape index (κ2) is 7.52. The zero-order valence-electron chi connectivity index (χ0n) is 12.9. The van der Waals surface area contributed by atoms with Crippen LogP contribution in [0.5, 0.6) is 5.75 Å². The number of nitrogens with one attached hydrogen (secondary N) is 1. The lowest BCUT2D eigenvalue weighted by Gasteiger charge is -2.20. The second-order valence-electron chi connectivity index (χ2n) is 5.32. The smallest absolute Gasteiger partial charge is 0.406 e. The van der Waals surface area contributed by atoms with Gasteiger partial charge in [0.05, 0.1) is 6.54 Å². The number of hydrogen-bond acceptors (Lipinski definition) is 4. The van der Waals surface area contributed by atoms with E-state index in [-0.39, 0.29) is 18.2 Å². The zero-order valence-corrected chi connectivity index (χ0v) is 12.9. The Hall–Kier alpha value is -2.29. The van der Waals surface area contributed by atoms with Crippen LogP contribution in [0.1, 0.15) is 12.8 Å². The fourth-order valence-corrected chi connectivity index (χ4v) is 2.25. The van der Waals surface area contributed by atoms with Crippen molar-refractivity contribution in [3.05, 3.63) is 24.3 Å². The van der Waals surface area contributed by atoms with Gasteiger partial charge in [-0.15, -0.1) is 13.2 Å². The van der Waals surface area contributed by atoms with E-state index in [0.717, 1.165) is 18.6 Å². The van der Waals surface area contributed by atoms with Crippen LogP contribution >= 0.6 is 0 Å². The highest BCUT2D eigenvalue weighted by atomic mass is 19.4. The molecule has 1 aliphatic rings. The van der Waals surface area contributed by atoms with E-state index in [1.165, 1.54) is 24.1 Å². The highest BCUT2D eigenvalue weighted by Crippen LogP contribution is 2.24. The third-order valence-electron chi connectivity index (χ3n) is 3.33. The molecule has 1 aliphatic heterocycles. The number of rotatable bonds is 5. The number of amides is 2. The van der Waals surface area contributed by atoms with Crippen LogP contribution in [-0.2, 0) is 14.3 Å². The average molecular weight is 346 g/mol. The van der Waals surface area contributed by atoms with Crippen molar-refractivity contribution in [2.45, 2.75) is 25.3 Å². The van der Waals surface area contributed by atoms with Crippen LogP contribution in [0.15, 0.2) is 24.3 Å². The van der Waals surface area contributed by atoms with Gasteiger partial charge in [0.25, 0.3) is 5.91 Å². The summed E-state index contributed by atoms with van der Waals surface area (Å²) in [6.45, 7) is 0.349. The Balaban J connectivity index is 1.84. The first-order valence-electron chi connectivity index (χ1n) is 7.27. The minimum atomic E-state index is -4.77. The van der Waals surface area contributed by atoms with Gasteiger partial charge < -0.3 is 19.7 Å².